The zero-order valence-corrected chi connectivity index (χ0v) is 13.6. The van der Waals surface area contributed by atoms with Crippen LogP contribution >= 0.6 is 12.6 Å². The van der Waals surface area contributed by atoms with Crippen LogP contribution in [0.1, 0.15) is 13.8 Å². The Morgan fingerprint density at radius 3 is 1.18 bits per heavy atom. The van der Waals surface area contributed by atoms with Gasteiger partial charge in [-0.15, -0.1) is 0 Å². The maximum absolute atomic E-state index is 9.56. The van der Waals surface area contributed by atoms with Gasteiger partial charge in [0.05, 0.1) is 0 Å². The van der Waals surface area contributed by atoms with Gasteiger partial charge in [-0.25, -0.2) is 0 Å². The van der Waals surface area contributed by atoms with Crippen LogP contribution in [-0.2, 0) is 13.8 Å². The van der Waals surface area contributed by atoms with E-state index in [2.05, 4.69) is 13.2 Å². The summed E-state index contributed by atoms with van der Waals surface area (Å²) in [7, 11) is 0. The molecule has 0 aliphatic carbocycles. The predicted molar refractivity (Wildman–Crippen MR) is 69.2 cm³/mol. The Hall–Kier alpha value is 0.723. The summed E-state index contributed by atoms with van der Waals surface area (Å²) in [5, 5.41) is -0.261. The minimum absolute atomic E-state index is 0.130. The molecule has 0 aromatic heterocycles. The molecule has 0 spiro atoms. The van der Waals surface area contributed by atoms with Crippen LogP contribution in [-0.4, -0.2) is 29.4 Å². The third-order valence-electron chi connectivity index (χ3n) is 1.76. The van der Waals surface area contributed by atoms with Crippen LogP contribution in [0.5, 0.6) is 0 Å². The van der Waals surface area contributed by atoms with E-state index in [1.807, 2.05) is 0 Å². The molecule has 9 heteroatoms. The maximum atomic E-state index is 9.56. The van der Waals surface area contributed by atoms with Crippen molar-refractivity contribution in [3.05, 3.63) is 24.3 Å². The van der Waals surface area contributed by atoms with Crippen molar-refractivity contribution < 1.29 is 43.2 Å². The molecule has 0 aliphatic heterocycles. The Bertz CT molecular complexity index is 287. The van der Waals surface area contributed by atoms with E-state index in [0.717, 1.165) is 0 Å². The molecule has 0 aromatic rings. The molecule has 0 bridgehead atoms. The van der Waals surface area contributed by atoms with Crippen molar-refractivity contribution in [2.75, 3.05) is 0 Å². The molecule has 6 nitrogen and oxygen atoms in total. The first-order valence-corrected chi connectivity index (χ1v) is 15.7. The van der Waals surface area contributed by atoms with Gasteiger partial charge in [-0.1, -0.05) is 0 Å². The van der Waals surface area contributed by atoms with Crippen molar-refractivity contribution in [3.63, 3.8) is 0 Å². The van der Waals surface area contributed by atoms with Crippen LogP contribution in [0.4, 0.5) is 0 Å². The summed E-state index contributed by atoms with van der Waals surface area (Å²) < 4.78 is 0. The first-order chi connectivity index (χ1) is 7.33. The van der Waals surface area contributed by atoms with Crippen molar-refractivity contribution in [2.24, 2.45) is 0 Å². The molecule has 0 saturated carbocycles. The normalized spacial score (nSPS) is 16.5. The van der Waals surface area contributed by atoms with Gasteiger partial charge in [0.25, 0.3) is 0 Å². The van der Waals surface area contributed by atoms with Gasteiger partial charge in [-0.2, -0.15) is 0 Å². The van der Waals surface area contributed by atoms with Crippen LogP contribution in [0.3, 0.4) is 0 Å². The average Bonchev–Trinajstić information content (AvgIpc) is 1.96. The zero-order valence-electron chi connectivity index (χ0n) is 9.87. The van der Waals surface area contributed by atoms with Crippen molar-refractivity contribution in [1.82, 2.24) is 0 Å². The number of hydrogen-bond acceptors (Lipinski definition) is 6. The van der Waals surface area contributed by atoms with Gasteiger partial charge in [0.1, 0.15) is 0 Å². The van der Waals surface area contributed by atoms with Gasteiger partial charge in [-0.3, -0.25) is 0 Å². The second-order valence-corrected chi connectivity index (χ2v) is 28.2. The van der Waals surface area contributed by atoms with Crippen LogP contribution < -0.4 is 0 Å². The molecule has 0 amide bonds. The number of allylic oxidation sites excluding steroid dienone is 2. The molecule has 17 heavy (non-hydrogen) atoms. The van der Waals surface area contributed by atoms with Crippen LogP contribution in [0, 0.1) is 0 Å². The quantitative estimate of drug-likeness (QED) is 0.232. The third-order valence-corrected chi connectivity index (χ3v) is 32.5. The molecular weight excluding hydrogens is 355 g/mol. The van der Waals surface area contributed by atoms with Crippen LogP contribution in [0.25, 0.3) is 0 Å². The summed E-state index contributed by atoms with van der Waals surface area (Å²) in [4.78, 5) is 57.4. The van der Waals surface area contributed by atoms with Crippen molar-refractivity contribution in [3.8, 4) is 0 Å². The molecule has 108 valence electrons. The molecule has 6 N–H and O–H groups in total. The molecule has 0 fully saturated rings. The molecule has 0 aliphatic rings. The fourth-order valence-electron chi connectivity index (χ4n) is 1.27. The summed E-state index contributed by atoms with van der Waals surface area (Å²) in [5.41, 5.74) is 0.918. The fourth-order valence-corrected chi connectivity index (χ4v) is 24.0. The predicted octanol–water partition coefficient (Wildman–Crippen LogP) is 0.903. The van der Waals surface area contributed by atoms with Gasteiger partial charge < -0.3 is 0 Å². The van der Waals surface area contributed by atoms with Crippen molar-refractivity contribution >= 4 is 12.6 Å². The van der Waals surface area contributed by atoms with E-state index < -0.39 is 26.4 Å². The SMILES string of the molecule is C=C(C)[CH2][Ru]([CH2]C(=C)C)([PH](O)(O)O)[PH](O)(O)O. The first kappa shape index (κ1) is 17.7. The van der Waals surface area contributed by atoms with Gasteiger partial charge in [-0.05, 0) is 0 Å². The zero-order chi connectivity index (χ0) is 14.1. The Morgan fingerprint density at radius 2 is 1.06 bits per heavy atom. The molecule has 0 aromatic carbocycles. The molecular formula is C8H22O6P2Ru. The first-order valence-electron chi connectivity index (χ1n) is 4.61. The van der Waals surface area contributed by atoms with E-state index >= 15 is 0 Å². The summed E-state index contributed by atoms with van der Waals surface area (Å²) in [5.74, 6) is 0. The molecule has 0 heterocycles. The third kappa shape index (κ3) is 4.39. The Labute approximate surface area is 104 Å². The minimum atomic E-state index is -4.84. The van der Waals surface area contributed by atoms with Gasteiger partial charge in [0.15, 0.2) is 0 Å². The molecule has 0 atom stereocenters. The monoisotopic (exact) mass is 378 g/mol. The van der Waals surface area contributed by atoms with E-state index in [-0.39, 0.29) is 10.0 Å². The van der Waals surface area contributed by atoms with E-state index in [1.54, 1.807) is 13.8 Å². The van der Waals surface area contributed by atoms with Crippen LogP contribution in [0.15, 0.2) is 24.3 Å². The average molecular weight is 377 g/mol. The fraction of sp³-hybridized carbons (Fsp3) is 0.500. The standard InChI is InChI=1S/2C4H7.2H4O3P.Ru/c4*1-4(2)3;/h2*1-2H2,3H3;2*1-4H;/q;;2*+1;-2. The van der Waals surface area contributed by atoms with E-state index in [1.165, 1.54) is 0 Å². The number of hydrogen-bond donors (Lipinski definition) is 6. The Kier molecular flexibility index (Phi) is 6.04. The second kappa shape index (κ2) is 5.79. The molecule has 0 radical (unpaired) electrons. The van der Waals surface area contributed by atoms with E-state index in [9.17, 15) is 29.4 Å². The summed E-state index contributed by atoms with van der Waals surface area (Å²) in [6.07, 6.45) is -9.68. The molecule has 0 saturated heterocycles. The van der Waals surface area contributed by atoms with Gasteiger partial charge in [0, 0.05) is 0 Å². The Morgan fingerprint density at radius 1 is 0.824 bits per heavy atom. The second-order valence-electron chi connectivity index (χ2n) is 4.00. The topological polar surface area (TPSA) is 121 Å². The Balaban J connectivity index is 5.71. The van der Waals surface area contributed by atoms with Gasteiger partial charge >= 0.3 is 104 Å². The van der Waals surface area contributed by atoms with Crippen LogP contribution in [0.2, 0.25) is 10.0 Å². The molecule has 0 unspecified atom stereocenters. The van der Waals surface area contributed by atoms with Crippen molar-refractivity contribution in [1.29, 1.82) is 0 Å². The van der Waals surface area contributed by atoms with Crippen molar-refractivity contribution in [2.45, 2.75) is 23.9 Å². The summed E-state index contributed by atoms with van der Waals surface area (Å²) >= 11 is -4.30. The summed E-state index contributed by atoms with van der Waals surface area (Å²) in [6, 6.07) is 0. The molecule has 0 rings (SSSR count). The van der Waals surface area contributed by atoms with E-state index in [0.29, 0.717) is 11.1 Å². The summed E-state index contributed by atoms with van der Waals surface area (Å²) in [6.45, 7) is 10.3. The van der Waals surface area contributed by atoms with Gasteiger partial charge in [0.2, 0.25) is 0 Å². The number of rotatable bonds is 6. The van der Waals surface area contributed by atoms with E-state index in [4.69, 9.17) is 0 Å².